The topological polar surface area (TPSA) is 76.3 Å². The zero-order valence-corrected chi connectivity index (χ0v) is 11.5. The van der Waals surface area contributed by atoms with Crippen LogP contribution in [-0.2, 0) is 22.3 Å². The van der Waals surface area contributed by atoms with Gasteiger partial charge in [0.2, 0.25) is 5.78 Å². The molecule has 1 heterocycles. The molecule has 0 fully saturated rings. The lowest BCUT2D eigenvalue weighted by Gasteiger charge is -2.05. The number of aromatic nitrogens is 2. The van der Waals surface area contributed by atoms with Crippen molar-refractivity contribution in [2.45, 2.75) is 32.2 Å². The molecule has 1 amide bonds. The molecule has 0 atom stereocenters. The number of nitrogens with zero attached hydrogens (tertiary/aromatic N) is 3. The second-order valence-electron chi connectivity index (χ2n) is 4.38. The second-order valence-corrected chi connectivity index (χ2v) is 4.38. The van der Waals surface area contributed by atoms with E-state index in [-0.39, 0.29) is 5.71 Å². The quantitative estimate of drug-likeness (QED) is 0.504. The van der Waals surface area contributed by atoms with Gasteiger partial charge in [-0.2, -0.15) is 36.5 Å². The van der Waals surface area contributed by atoms with Crippen LogP contribution in [-0.4, -0.2) is 33.4 Å². The molecule has 1 aromatic rings. The average molecular weight is 344 g/mol. The van der Waals surface area contributed by atoms with Gasteiger partial charge in [0, 0.05) is 11.9 Å². The highest BCUT2D eigenvalue weighted by Crippen LogP contribution is 2.27. The largest absolute Gasteiger partial charge is 0.450 e. The monoisotopic (exact) mass is 344 g/mol. The molecular weight excluding hydrogens is 334 g/mol. The second kappa shape index (κ2) is 6.79. The van der Waals surface area contributed by atoms with E-state index in [4.69, 9.17) is 0 Å². The van der Waals surface area contributed by atoms with Gasteiger partial charge in [-0.3, -0.25) is 14.3 Å². The first-order valence-electron chi connectivity index (χ1n) is 5.92. The number of amides is 1. The molecule has 0 aliphatic heterocycles. The van der Waals surface area contributed by atoms with Crippen molar-refractivity contribution in [2.24, 2.45) is 5.10 Å². The first-order chi connectivity index (χ1) is 10.4. The Kier molecular flexibility index (Phi) is 5.51. The lowest BCUT2D eigenvalue weighted by molar-refractivity contribution is -0.169. The maximum absolute atomic E-state index is 12.3. The molecule has 1 rings (SSSR count). The molecule has 0 spiro atoms. The molecule has 128 valence electrons. The number of halogens is 6. The molecule has 0 saturated carbocycles. The maximum atomic E-state index is 12.3. The van der Waals surface area contributed by atoms with Crippen LogP contribution < -0.4 is 5.43 Å². The van der Waals surface area contributed by atoms with E-state index in [1.54, 1.807) is 0 Å². The van der Waals surface area contributed by atoms with Crippen molar-refractivity contribution in [3.63, 3.8) is 0 Å². The lowest BCUT2D eigenvalue weighted by Crippen LogP contribution is -2.27. The normalized spacial score (nSPS) is 13.1. The number of ketones is 1. The van der Waals surface area contributed by atoms with Gasteiger partial charge in [0.1, 0.15) is 6.54 Å². The molecule has 0 aromatic carbocycles. The SMILES string of the molecule is CC(CC(=O)C(F)(F)F)=NNC(=O)Cn1ccc(C(F)(F)F)n1. The summed E-state index contributed by atoms with van der Waals surface area (Å²) >= 11 is 0. The van der Waals surface area contributed by atoms with Gasteiger partial charge in [-0.25, -0.2) is 5.43 Å². The number of carbonyl (C=O) groups excluding carboxylic acids is 2. The summed E-state index contributed by atoms with van der Waals surface area (Å²) in [5.41, 5.74) is 0.321. The van der Waals surface area contributed by atoms with Crippen LogP contribution in [0.4, 0.5) is 26.3 Å². The number of rotatable bonds is 5. The van der Waals surface area contributed by atoms with Crippen LogP contribution >= 0.6 is 0 Å². The fourth-order valence-electron chi connectivity index (χ4n) is 1.31. The number of hydrazone groups is 1. The smallest absolute Gasteiger partial charge is 0.289 e. The standard InChI is InChI=1S/C11H10F6N4O2/c1-6(4-8(22)11(15,16)17)18-19-9(23)5-21-3-2-7(20-21)10(12,13)14/h2-3H,4-5H2,1H3,(H,19,23). The molecular formula is C11H10F6N4O2. The number of hydrogen-bond acceptors (Lipinski definition) is 4. The number of hydrogen-bond donors (Lipinski definition) is 1. The number of carbonyl (C=O) groups is 2. The van der Waals surface area contributed by atoms with Crippen LogP contribution in [0, 0.1) is 0 Å². The van der Waals surface area contributed by atoms with Crippen molar-refractivity contribution in [1.82, 2.24) is 15.2 Å². The van der Waals surface area contributed by atoms with Crippen molar-refractivity contribution in [1.29, 1.82) is 0 Å². The Bertz CT molecular complexity index is 617. The van der Waals surface area contributed by atoms with Gasteiger partial charge < -0.3 is 0 Å². The van der Waals surface area contributed by atoms with Crippen LogP contribution in [0.15, 0.2) is 17.4 Å². The number of Topliss-reactive ketones (excluding diaryl/α,β-unsaturated/α-hetero) is 1. The summed E-state index contributed by atoms with van der Waals surface area (Å²) in [7, 11) is 0. The Morgan fingerprint density at radius 2 is 1.87 bits per heavy atom. The summed E-state index contributed by atoms with van der Waals surface area (Å²) in [5, 5.41) is 6.37. The van der Waals surface area contributed by atoms with Gasteiger partial charge in [-0.1, -0.05) is 0 Å². The predicted molar refractivity (Wildman–Crippen MR) is 64.2 cm³/mol. The Hall–Kier alpha value is -2.40. The van der Waals surface area contributed by atoms with Crippen LogP contribution in [0.25, 0.3) is 0 Å². The van der Waals surface area contributed by atoms with E-state index in [2.05, 4.69) is 10.2 Å². The number of nitrogens with one attached hydrogen (secondary N) is 1. The number of alkyl halides is 6. The van der Waals surface area contributed by atoms with Crippen molar-refractivity contribution < 1.29 is 35.9 Å². The van der Waals surface area contributed by atoms with E-state index in [0.29, 0.717) is 10.7 Å². The summed E-state index contributed by atoms with van der Waals surface area (Å²) < 4.78 is 73.5. The summed E-state index contributed by atoms with van der Waals surface area (Å²) in [5.74, 6) is -2.95. The highest BCUT2D eigenvalue weighted by Gasteiger charge is 2.38. The fraction of sp³-hybridized carbons (Fsp3) is 0.455. The van der Waals surface area contributed by atoms with E-state index in [1.165, 1.54) is 0 Å². The van der Waals surface area contributed by atoms with Crippen LogP contribution in [0.3, 0.4) is 0 Å². The molecule has 0 aliphatic carbocycles. The first kappa shape index (κ1) is 18.6. The molecule has 6 nitrogen and oxygen atoms in total. The van der Waals surface area contributed by atoms with Gasteiger partial charge in [-0.15, -0.1) is 0 Å². The van der Waals surface area contributed by atoms with Crippen LogP contribution in [0.1, 0.15) is 19.0 Å². The Balaban J connectivity index is 2.55. The van der Waals surface area contributed by atoms with E-state index in [9.17, 15) is 35.9 Å². The third-order valence-electron chi connectivity index (χ3n) is 2.34. The highest BCUT2D eigenvalue weighted by atomic mass is 19.4. The summed E-state index contributed by atoms with van der Waals surface area (Å²) in [4.78, 5) is 22.1. The average Bonchev–Trinajstić information content (AvgIpc) is 2.83. The molecule has 0 saturated heterocycles. The molecule has 0 aliphatic rings. The van der Waals surface area contributed by atoms with E-state index >= 15 is 0 Å². The zero-order valence-electron chi connectivity index (χ0n) is 11.5. The molecule has 23 heavy (non-hydrogen) atoms. The maximum Gasteiger partial charge on any atom is 0.450 e. The molecule has 0 unspecified atom stereocenters. The van der Waals surface area contributed by atoms with Gasteiger partial charge in [0.25, 0.3) is 5.91 Å². The fourth-order valence-corrected chi connectivity index (χ4v) is 1.31. The Labute approximate surface area is 125 Å². The van der Waals surface area contributed by atoms with E-state index in [0.717, 1.165) is 13.1 Å². The summed E-state index contributed by atoms with van der Waals surface area (Å²) in [6.45, 7) is 0.458. The zero-order chi connectivity index (χ0) is 17.8. The third kappa shape index (κ3) is 6.08. The highest BCUT2D eigenvalue weighted by molar-refractivity contribution is 6.03. The first-order valence-corrected chi connectivity index (χ1v) is 5.92. The minimum Gasteiger partial charge on any atom is -0.289 e. The Morgan fingerprint density at radius 1 is 1.26 bits per heavy atom. The molecule has 12 heteroatoms. The van der Waals surface area contributed by atoms with Gasteiger partial charge in [0.15, 0.2) is 5.69 Å². The van der Waals surface area contributed by atoms with Gasteiger partial charge in [0.05, 0.1) is 6.42 Å². The van der Waals surface area contributed by atoms with Crippen molar-refractivity contribution in [2.75, 3.05) is 0 Å². The van der Waals surface area contributed by atoms with E-state index < -0.39 is 42.7 Å². The van der Waals surface area contributed by atoms with Crippen molar-refractivity contribution >= 4 is 17.4 Å². The predicted octanol–water partition coefficient (Wildman–Crippen LogP) is 1.92. The minimum absolute atomic E-state index is 0.308. The lowest BCUT2D eigenvalue weighted by atomic mass is 10.2. The third-order valence-corrected chi connectivity index (χ3v) is 2.34. The van der Waals surface area contributed by atoms with Crippen molar-refractivity contribution in [3.05, 3.63) is 18.0 Å². The molecule has 0 bridgehead atoms. The van der Waals surface area contributed by atoms with E-state index in [1.807, 2.05) is 5.43 Å². The molecule has 1 aromatic heterocycles. The molecule has 0 radical (unpaired) electrons. The van der Waals surface area contributed by atoms with Gasteiger partial charge in [-0.05, 0) is 13.0 Å². The Morgan fingerprint density at radius 3 is 2.35 bits per heavy atom. The van der Waals surface area contributed by atoms with Crippen molar-refractivity contribution in [3.8, 4) is 0 Å². The summed E-state index contributed by atoms with van der Waals surface area (Å²) in [6, 6.07) is 0.657. The minimum atomic E-state index is -5.01. The van der Waals surface area contributed by atoms with Gasteiger partial charge >= 0.3 is 12.4 Å². The van der Waals surface area contributed by atoms with Crippen LogP contribution in [0.2, 0.25) is 0 Å². The summed E-state index contributed by atoms with van der Waals surface area (Å²) in [6.07, 6.45) is -9.80. The van der Waals surface area contributed by atoms with Crippen LogP contribution in [0.5, 0.6) is 0 Å². The molecule has 1 N–H and O–H groups in total.